The Morgan fingerprint density at radius 2 is 1.88 bits per heavy atom. The number of hydrogen-bond donors (Lipinski definition) is 2. The molecular formula is C25H27N3O6. The number of ether oxygens (including phenoxy) is 2. The maximum absolute atomic E-state index is 12.9. The van der Waals surface area contributed by atoms with Crippen LogP contribution in [-0.2, 0) is 34.0 Å². The number of nitrogens with zero attached hydrogens (tertiary/aromatic N) is 2. The number of aliphatic hydroxyl groups is 1. The molecule has 9 nitrogen and oxygen atoms in total. The van der Waals surface area contributed by atoms with Gasteiger partial charge in [0.15, 0.2) is 0 Å². The van der Waals surface area contributed by atoms with E-state index in [0.717, 1.165) is 16.7 Å². The Labute approximate surface area is 197 Å². The summed E-state index contributed by atoms with van der Waals surface area (Å²) in [4.78, 5) is 40.2. The number of carbonyl (C=O) groups excluding carboxylic acids is 3. The zero-order valence-electron chi connectivity index (χ0n) is 18.7. The van der Waals surface area contributed by atoms with E-state index in [1.54, 1.807) is 12.1 Å². The van der Waals surface area contributed by atoms with Crippen LogP contribution in [0, 0.1) is 0 Å². The fourth-order valence-corrected chi connectivity index (χ4v) is 4.64. The number of imide groups is 1. The molecule has 34 heavy (non-hydrogen) atoms. The van der Waals surface area contributed by atoms with Crippen molar-refractivity contribution in [3.05, 3.63) is 64.7 Å². The molecule has 3 heterocycles. The van der Waals surface area contributed by atoms with Crippen LogP contribution in [0.1, 0.15) is 39.9 Å². The Balaban J connectivity index is 1.23. The molecule has 0 spiro atoms. The normalized spacial score (nSPS) is 23.1. The fraction of sp³-hybridized carbons (Fsp3) is 0.400. The molecule has 5 rings (SSSR count). The predicted molar refractivity (Wildman–Crippen MR) is 120 cm³/mol. The number of nitrogens with one attached hydrogen (secondary N) is 1. The first-order chi connectivity index (χ1) is 16.5. The van der Waals surface area contributed by atoms with Gasteiger partial charge < -0.3 is 19.5 Å². The highest BCUT2D eigenvalue weighted by atomic mass is 16.5. The van der Waals surface area contributed by atoms with Crippen molar-refractivity contribution in [3.8, 4) is 5.75 Å². The first-order valence-corrected chi connectivity index (χ1v) is 11.5. The highest BCUT2D eigenvalue weighted by Gasteiger charge is 2.40. The molecule has 0 aromatic heterocycles. The largest absolute Gasteiger partial charge is 0.489 e. The average molecular weight is 466 g/mol. The minimum atomic E-state index is -0.650. The van der Waals surface area contributed by atoms with Gasteiger partial charge in [-0.15, -0.1) is 0 Å². The summed E-state index contributed by atoms with van der Waals surface area (Å²) in [5.41, 5.74) is 3.36. The Morgan fingerprint density at radius 1 is 1.09 bits per heavy atom. The summed E-state index contributed by atoms with van der Waals surface area (Å²) in [6, 6.07) is 12.7. The van der Waals surface area contributed by atoms with Crippen molar-refractivity contribution in [1.29, 1.82) is 0 Å². The van der Waals surface area contributed by atoms with Crippen LogP contribution in [0.15, 0.2) is 42.5 Å². The van der Waals surface area contributed by atoms with Crippen LogP contribution in [0.3, 0.4) is 0 Å². The van der Waals surface area contributed by atoms with Gasteiger partial charge in [0.1, 0.15) is 24.6 Å². The number of piperidine rings is 1. The quantitative estimate of drug-likeness (QED) is 0.617. The fourth-order valence-electron chi connectivity index (χ4n) is 4.64. The van der Waals surface area contributed by atoms with Gasteiger partial charge in [-0.1, -0.05) is 30.3 Å². The summed E-state index contributed by atoms with van der Waals surface area (Å²) in [7, 11) is 0. The van der Waals surface area contributed by atoms with Crippen molar-refractivity contribution in [1.82, 2.24) is 15.1 Å². The van der Waals surface area contributed by atoms with Gasteiger partial charge in [0.2, 0.25) is 11.8 Å². The van der Waals surface area contributed by atoms with Crippen LogP contribution in [-0.4, -0.2) is 64.7 Å². The van der Waals surface area contributed by atoms with Gasteiger partial charge in [-0.3, -0.25) is 24.6 Å². The standard InChI is InChI=1S/C25H27N3O6/c29-22-9-8-20(24(31)26-22)28-13-19-18(25(28)32)2-1-3-21(19)34-14-17-6-4-16(5-7-17)12-27-10-11-33-15-23(27)30/h1-7,20,23,30H,8-15H2,(H,26,29,31). The summed E-state index contributed by atoms with van der Waals surface area (Å²) in [5.74, 6) is -0.336. The second-order valence-electron chi connectivity index (χ2n) is 8.81. The van der Waals surface area contributed by atoms with E-state index >= 15 is 0 Å². The summed E-state index contributed by atoms with van der Waals surface area (Å²) >= 11 is 0. The number of carbonyl (C=O) groups is 3. The molecule has 2 aromatic rings. The minimum absolute atomic E-state index is 0.218. The van der Waals surface area contributed by atoms with E-state index in [2.05, 4.69) is 5.32 Å². The van der Waals surface area contributed by atoms with E-state index < -0.39 is 18.2 Å². The molecule has 0 bridgehead atoms. The third kappa shape index (κ3) is 4.54. The summed E-state index contributed by atoms with van der Waals surface area (Å²) < 4.78 is 11.3. The molecule has 3 amide bonds. The van der Waals surface area contributed by atoms with Gasteiger partial charge in [-0.25, -0.2) is 0 Å². The van der Waals surface area contributed by atoms with Crippen molar-refractivity contribution in [2.75, 3.05) is 19.8 Å². The maximum atomic E-state index is 12.9. The number of fused-ring (bicyclic) bond motifs is 1. The van der Waals surface area contributed by atoms with Crippen LogP contribution in [0.5, 0.6) is 5.75 Å². The first kappa shape index (κ1) is 22.5. The van der Waals surface area contributed by atoms with E-state index in [1.165, 1.54) is 4.90 Å². The van der Waals surface area contributed by atoms with Crippen molar-refractivity contribution in [2.24, 2.45) is 0 Å². The Hall–Kier alpha value is -3.27. The SMILES string of the molecule is O=C1CCC(N2Cc3c(OCc4ccc(CN5CCOCC5O)cc4)cccc3C2=O)C(=O)N1. The van der Waals surface area contributed by atoms with Crippen LogP contribution in [0.4, 0.5) is 0 Å². The number of morpholine rings is 1. The zero-order valence-corrected chi connectivity index (χ0v) is 18.7. The molecule has 178 valence electrons. The van der Waals surface area contributed by atoms with Gasteiger partial charge in [-0.2, -0.15) is 0 Å². The van der Waals surface area contributed by atoms with E-state index in [9.17, 15) is 19.5 Å². The zero-order chi connectivity index (χ0) is 23.7. The van der Waals surface area contributed by atoms with E-state index in [1.807, 2.05) is 35.2 Å². The lowest BCUT2D eigenvalue weighted by molar-refractivity contribution is -0.136. The second-order valence-corrected chi connectivity index (χ2v) is 8.81. The van der Waals surface area contributed by atoms with Gasteiger partial charge in [0.05, 0.1) is 19.8 Å². The molecule has 2 unspecified atom stereocenters. The van der Waals surface area contributed by atoms with Crippen LogP contribution in [0.2, 0.25) is 0 Å². The molecule has 0 radical (unpaired) electrons. The summed E-state index contributed by atoms with van der Waals surface area (Å²) in [6.07, 6.45) is -0.0335. The minimum Gasteiger partial charge on any atom is -0.489 e. The van der Waals surface area contributed by atoms with Crippen molar-refractivity contribution < 1.29 is 29.0 Å². The monoisotopic (exact) mass is 465 g/mol. The molecule has 2 N–H and O–H groups in total. The van der Waals surface area contributed by atoms with Crippen LogP contribution < -0.4 is 10.1 Å². The number of aliphatic hydroxyl groups excluding tert-OH is 1. The molecule has 9 heteroatoms. The molecule has 2 fully saturated rings. The second kappa shape index (κ2) is 9.54. The Bertz CT molecular complexity index is 1100. The van der Waals surface area contributed by atoms with Gasteiger partial charge in [0, 0.05) is 30.6 Å². The number of amides is 3. The van der Waals surface area contributed by atoms with Gasteiger partial charge >= 0.3 is 0 Å². The number of rotatable bonds is 6. The summed E-state index contributed by atoms with van der Waals surface area (Å²) in [5, 5.41) is 12.4. The lowest BCUT2D eigenvalue weighted by atomic mass is 10.0. The molecule has 3 aliphatic rings. The van der Waals surface area contributed by atoms with Crippen LogP contribution in [0.25, 0.3) is 0 Å². The molecule has 3 aliphatic heterocycles. The van der Waals surface area contributed by atoms with Crippen molar-refractivity contribution in [2.45, 2.75) is 44.8 Å². The summed E-state index contributed by atoms with van der Waals surface area (Å²) in [6.45, 7) is 2.90. The Kier molecular flexibility index (Phi) is 6.32. The predicted octanol–water partition coefficient (Wildman–Crippen LogP) is 1.18. The van der Waals surface area contributed by atoms with Crippen LogP contribution >= 0.6 is 0 Å². The molecule has 2 aromatic carbocycles. The lowest BCUT2D eigenvalue weighted by Crippen LogP contribution is -2.52. The van der Waals surface area contributed by atoms with E-state index in [-0.39, 0.29) is 24.8 Å². The molecular weight excluding hydrogens is 438 g/mol. The maximum Gasteiger partial charge on any atom is 0.255 e. The van der Waals surface area contributed by atoms with E-state index in [0.29, 0.717) is 50.6 Å². The Morgan fingerprint density at radius 3 is 2.65 bits per heavy atom. The number of benzene rings is 2. The molecule has 0 aliphatic carbocycles. The third-order valence-corrected chi connectivity index (χ3v) is 6.55. The highest BCUT2D eigenvalue weighted by Crippen LogP contribution is 2.34. The number of hydrogen-bond acceptors (Lipinski definition) is 7. The van der Waals surface area contributed by atoms with Gasteiger partial charge in [0.25, 0.3) is 5.91 Å². The van der Waals surface area contributed by atoms with E-state index in [4.69, 9.17) is 9.47 Å². The topological polar surface area (TPSA) is 108 Å². The smallest absolute Gasteiger partial charge is 0.255 e. The average Bonchev–Trinajstić information content (AvgIpc) is 3.17. The van der Waals surface area contributed by atoms with Crippen molar-refractivity contribution in [3.63, 3.8) is 0 Å². The first-order valence-electron chi connectivity index (χ1n) is 11.5. The highest BCUT2D eigenvalue weighted by molar-refractivity contribution is 6.05. The molecule has 2 atom stereocenters. The van der Waals surface area contributed by atoms with Gasteiger partial charge in [-0.05, 0) is 29.7 Å². The lowest BCUT2D eigenvalue weighted by Gasteiger charge is -2.31. The van der Waals surface area contributed by atoms with Crippen molar-refractivity contribution >= 4 is 17.7 Å². The third-order valence-electron chi connectivity index (χ3n) is 6.55. The molecule has 0 saturated carbocycles. The molecule has 2 saturated heterocycles.